The van der Waals surface area contributed by atoms with Crippen molar-refractivity contribution in [2.45, 2.75) is 98.7 Å². The van der Waals surface area contributed by atoms with Gasteiger partial charge in [0.05, 0.1) is 13.2 Å². The van der Waals surface area contributed by atoms with Crippen molar-refractivity contribution in [2.24, 2.45) is 0 Å². The fourth-order valence-electron chi connectivity index (χ4n) is 3.19. The van der Waals surface area contributed by atoms with E-state index in [1.54, 1.807) is 0 Å². The maximum atomic E-state index is 9.82. The Balaban J connectivity index is 0.000000343. The summed E-state index contributed by atoms with van der Waals surface area (Å²) in [5.74, 6) is 0.840. The number of thiol groups is 1. The quantitative estimate of drug-likeness (QED) is 0.131. The Hall–Kier alpha value is 0.300. The van der Waals surface area contributed by atoms with E-state index in [2.05, 4.69) is 19.6 Å². The van der Waals surface area contributed by atoms with Crippen molar-refractivity contribution >= 4 is 24.4 Å². The molecule has 2 fully saturated rings. The molecule has 0 radical (unpaired) electrons. The van der Waals surface area contributed by atoms with Crippen LogP contribution in [0.5, 0.6) is 0 Å². The SMILES string of the molecule is CCCCCCCSC1O[C@H](CO)[C@@H](O)[C@H](O)[C@H]1O.OC[C@H]1OC(S)[C@H](O)[C@@H](O)[C@@H]1O. The largest absolute Gasteiger partial charge is 0.394 e. The second-order valence-electron chi connectivity index (χ2n) is 7.70. The van der Waals surface area contributed by atoms with Crippen LogP contribution in [0.4, 0.5) is 0 Å². The highest BCUT2D eigenvalue weighted by Crippen LogP contribution is 2.29. The number of aliphatic hydroxyl groups is 8. The molecule has 2 aliphatic rings. The topological polar surface area (TPSA) is 180 Å². The molecular weight excluding hydrogens is 452 g/mol. The van der Waals surface area contributed by atoms with Crippen LogP contribution in [-0.2, 0) is 9.47 Å². The highest BCUT2D eigenvalue weighted by atomic mass is 32.2. The number of ether oxygens (including phenoxy) is 2. The molecule has 8 N–H and O–H groups in total. The minimum absolute atomic E-state index is 0.363. The molecule has 0 amide bonds. The lowest BCUT2D eigenvalue weighted by Gasteiger charge is -2.39. The van der Waals surface area contributed by atoms with Crippen LogP contribution in [-0.4, -0.2) is 120 Å². The number of hydrogen-bond acceptors (Lipinski definition) is 12. The second-order valence-corrected chi connectivity index (χ2v) is 9.42. The summed E-state index contributed by atoms with van der Waals surface area (Å²) in [6.45, 7) is 1.39. The van der Waals surface area contributed by atoms with Crippen molar-refractivity contribution < 1.29 is 50.3 Å². The Morgan fingerprint density at radius 3 is 1.74 bits per heavy atom. The Labute approximate surface area is 192 Å². The molecular formula is C19H38O10S2. The maximum absolute atomic E-state index is 9.82. The lowest BCUT2D eigenvalue weighted by molar-refractivity contribution is -0.205. The van der Waals surface area contributed by atoms with E-state index in [4.69, 9.17) is 24.8 Å². The van der Waals surface area contributed by atoms with E-state index in [9.17, 15) is 25.5 Å². The van der Waals surface area contributed by atoms with Crippen LogP contribution in [0.1, 0.15) is 39.0 Å². The summed E-state index contributed by atoms with van der Waals surface area (Å²) in [5, 5.41) is 74.3. The standard InChI is InChI=1S/C13H26O5S.C6H12O5S/c1-2-3-4-5-6-7-19-13-12(17)11(16)10(15)9(8-14)18-13;7-1-2-3(8)4(9)5(10)6(12)11-2/h9-17H,2-8H2,1H3;2-10,12H,1H2/t9-,10-,11+,12-,13?;2-,3-,4+,5-,6?/m11/s1. The van der Waals surface area contributed by atoms with Gasteiger partial charge in [0.15, 0.2) is 0 Å². The lowest BCUT2D eigenvalue weighted by atomic mass is 10.0. The molecule has 0 aromatic heterocycles. The predicted molar refractivity (Wildman–Crippen MR) is 118 cm³/mol. The Morgan fingerprint density at radius 2 is 1.19 bits per heavy atom. The van der Waals surface area contributed by atoms with E-state index in [0.717, 1.165) is 18.6 Å². The smallest absolute Gasteiger partial charge is 0.132 e. The van der Waals surface area contributed by atoms with Gasteiger partial charge in [-0.25, -0.2) is 0 Å². The van der Waals surface area contributed by atoms with Gasteiger partial charge in [0.1, 0.15) is 59.7 Å². The predicted octanol–water partition coefficient (Wildman–Crippen LogP) is -1.79. The van der Waals surface area contributed by atoms with Crippen LogP contribution >= 0.6 is 24.4 Å². The number of hydrogen-bond donors (Lipinski definition) is 9. The van der Waals surface area contributed by atoms with E-state index >= 15 is 0 Å². The first-order valence-corrected chi connectivity index (χ1v) is 12.2. The average Bonchev–Trinajstić information content (AvgIpc) is 2.77. The van der Waals surface area contributed by atoms with Crippen LogP contribution in [0.15, 0.2) is 0 Å². The minimum atomic E-state index is -1.32. The van der Waals surface area contributed by atoms with Crippen LogP contribution in [0, 0.1) is 0 Å². The van der Waals surface area contributed by atoms with Crippen molar-refractivity contribution in [3.63, 3.8) is 0 Å². The lowest BCUT2D eigenvalue weighted by Crippen LogP contribution is -2.57. The summed E-state index contributed by atoms with van der Waals surface area (Å²) >= 11 is 5.25. The van der Waals surface area contributed by atoms with Gasteiger partial charge < -0.3 is 50.3 Å². The van der Waals surface area contributed by atoms with E-state index in [-0.39, 0.29) is 6.61 Å². The van der Waals surface area contributed by atoms with Crippen LogP contribution in [0.3, 0.4) is 0 Å². The third kappa shape index (κ3) is 8.87. The van der Waals surface area contributed by atoms with Crippen molar-refractivity contribution in [1.29, 1.82) is 0 Å². The zero-order valence-corrected chi connectivity index (χ0v) is 19.4. The van der Waals surface area contributed by atoms with Gasteiger partial charge in [-0.1, -0.05) is 32.6 Å². The first-order chi connectivity index (χ1) is 14.7. The summed E-state index contributed by atoms with van der Waals surface area (Å²) < 4.78 is 10.3. The number of thioether (sulfide) groups is 1. The molecule has 0 aromatic carbocycles. The monoisotopic (exact) mass is 490 g/mol. The Bertz CT molecular complexity index is 470. The van der Waals surface area contributed by atoms with Crippen LogP contribution in [0.25, 0.3) is 0 Å². The Kier molecular flexibility index (Phi) is 14.4. The molecule has 0 bridgehead atoms. The van der Waals surface area contributed by atoms with Crippen molar-refractivity contribution in [2.75, 3.05) is 19.0 Å². The third-order valence-electron chi connectivity index (χ3n) is 5.25. The molecule has 12 heteroatoms. The fourth-order valence-corrected chi connectivity index (χ4v) is 4.71. The van der Waals surface area contributed by atoms with Crippen LogP contribution < -0.4 is 0 Å². The summed E-state index contributed by atoms with van der Waals surface area (Å²) in [4.78, 5) is 0. The molecule has 10 nitrogen and oxygen atoms in total. The highest BCUT2D eigenvalue weighted by Gasteiger charge is 2.43. The molecule has 31 heavy (non-hydrogen) atoms. The zero-order valence-electron chi connectivity index (χ0n) is 17.7. The molecule has 2 unspecified atom stereocenters. The first kappa shape index (κ1) is 29.3. The Morgan fingerprint density at radius 1 is 0.677 bits per heavy atom. The van der Waals surface area contributed by atoms with E-state index in [0.29, 0.717) is 0 Å². The van der Waals surface area contributed by atoms with Gasteiger partial charge in [0.2, 0.25) is 0 Å². The van der Waals surface area contributed by atoms with Gasteiger partial charge in [-0.3, -0.25) is 0 Å². The van der Waals surface area contributed by atoms with E-state index in [1.165, 1.54) is 31.0 Å². The van der Waals surface area contributed by atoms with Gasteiger partial charge in [-0.05, 0) is 12.2 Å². The van der Waals surface area contributed by atoms with E-state index < -0.39 is 66.3 Å². The average molecular weight is 491 g/mol. The fraction of sp³-hybridized carbons (Fsp3) is 1.00. The summed E-state index contributed by atoms with van der Waals surface area (Å²) in [6, 6.07) is 0. The molecule has 186 valence electrons. The second kappa shape index (κ2) is 15.3. The molecule has 0 aromatic rings. The molecule has 2 saturated heterocycles. The zero-order chi connectivity index (χ0) is 23.6. The van der Waals surface area contributed by atoms with Crippen molar-refractivity contribution in [3.8, 4) is 0 Å². The summed E-state index contributed by atoms with van der Waals surface area (Å²) in [7, 11) is 0. The minimum Gasteiger partial charge on any atom is -0.394 e. The van der Waals surface area contributed by atoms with Gasteiger partial charge in [-0.15, -0.1) is 24.4 Å². The van der Waals surface area contributed by atoms with Crippen molar-refractivity contribution in [1.82, 2.24) is 0 Å². The maximum Gasteiger partial charge on any atom is 0.132 e. The molecule has 0 saturated carbocycles. The molecule has 2 rings (SSSR count). The molecule has 10 atom stereocenters. The number of rotatable bonds is 9. The van der Waals surface area contributed by atoms with Gasteiger partial charge in [-0.2, -0.15) is 0 Å². The molecule has 2 aliphatic heterocycles. The third-order valence-corrected chi connectivity index (χ3v) is 6.92. The molecule has 2 heterocycles. The normalized spacial score (nSPS) is 40.8. The van der Waals surface area contributed by atoms with Crippen LogP contribution in [0.2, 0.25) is 0 Å². The summed E-state index contributed by atoms with van der Waals surface area (Å²) in [5.41, 5.74) is -1.46. The molecule has 0 aliphatic carbocycles. The van der Waals surface area contributed by atoms with Gasteiger partial charge >= 0.3 is 0 Å². The number of unbranched alkanes of at least 4 members (excludes halogenated alkanes) is 4. The van der Waals surface area contributed by atoms with Gasteiger partial charge in [0.25, 0.3) is 0 Å². The highest BCUT2D eigenvalue weighted by molar-refractivity contribution is 7.99. The van der Waals surface area contributed by atoms with E-state index in [1.807, 2.05) is 0 Å². The van der Waals surface area contributed by atoms with Crippen molar-refractivity contribution in [3.05, 3.63) is 0 Å². The van der Waals surface area contributed by atoms with Gasteiger partial charge in [0, 0.05) is 0 Å². The number of aliphatic hydroxyl groups excluding tert-OH is 8. The molecule has 0 spiro atoms. The first-order valence-electron chi connectivity index (χ1n) is 10.6. The summed E-state index contributed by atoms with van der Waals surface area (Å²) in [6.07, 6.45) is -3.28.